The minimum Gasteiger partial charge on any atom is -0.330 e. The van der Waals surface area contributed by atoms with E-state index in [2.05, 4.69) is 9.05 Å². The van der Waals surface area contributed by atoms with Gasteiger partial charge in [-0.1, -0.05) is 0 Å². The van der Waals surface area contributed by atoms with Crippen molar-refractivity contribution in [3.05, 3.63) is 0 Å². The molecule has 1 aliphatic heterocycles. The van der Waals surface area contributed by atoms with E-state index < -0.39 is 53.4 Å². The Labute approximate surface area is 148 Å². The zero-order chi connectivity index (χ0) is 20.7. The normalized spacial score (nSPS) is 39.1. The van der Waals surface area contributed by atoms with Crippen molar-refractivity contribution in [1.82, 2.24) is 0 Å². The lowest BCUT2D eigenvalue weighted by Crippen LogP contribution is -2.46. The highest BCUT2D eigenvalue weighted by molar-refractivity contribution is 7.78. The molecule has 18 heteroatoms. The molecule has 1 rings (SSSR count). The molecule has 14 nitrogen and oxygen atoms in total. The number of nitrogens with two attached hydrogens (primary N) is 2. The zero-order valence-electron chi connectivity index (χ0n) is 13.3. The van der Waals surface area contributed by atoms with Gasteiger partial charge in [0.2, 0.25) is 0 Å². The Balaban J connectivity index is 3.69. The van der Waals surface area contributed by atoms with E-state index in [0.29, 0.717) is 0 Å². The fourth-order valence-electron chi connectivity index (χ4n) is 2.41. The van der Waals surface area contributed by atoms with Crippen LogP contribution in [0.15, 0.2) is 0 Å². The van der Waals surface area contributed by atoms with Crippen LogP contribution in [0, 0.1) is 0 Å². The maximum absolute atomic E-state index is 12.6. The molecular formula is C8H22N2O12P4. The predicted octanol–water partition coefficient (Wildman–Crippen LogP) is -0.455. The number of hydrogen-bond donors (Lipinski definition) is 8. The second-order valence-electron chi connectivity index (χ2n) is 5.58. The van der Waals surface area contributed by atoms with Crippen molar-refractivity contribution in [2.24, 2.45) is 11.5 Å². The minimum absolute atomic E-state index is 0.238. The van der Waals surface area contributed by atoms with Crippen LogP contribution in [-0.2, 0) is 27.3 Å². The summed E-state index contributed by atoms with van der Waals surface area (Å²) < 4.78 is 58.0. The van der Waals surface area contributed by atoms with Crippen molar-refractivity contribution in [3.63, 3.8) is 0 Å². The number of hydrogen-bond acceptors (Lipinski definition) is 8. The highest BCUT2D eigenvalue weighted by atomic mass is 31.3. The fraction of sp³-hybridized carbons (Fsp3) is 1.00. The van der Waals surface area contributed by atoms with E-state index in [1.807, 2.05) is 0 Å². The predicted molar refractivity (Wildman–Crippen MR) is 87.9 cm³/mol. The van der Waals surface area contributed by atoms with E-state index >= 15 is 0 Å². The molecule has 10 N–H and O–H groups in total. The summed E-state index contributed by atoms with van der Waals surface area (Å²) in [7, 11) is -23.0. The third kappa shape index (κ3) is 3.96. The first-order valence-electron chi connectivity index (χ1n) is 7.12. The summed E-state index contributed by atoms with van der Waals surface area (Å²) in [6.45, 7) is -0.477. The van der Waals surface area contributed by atoms with Crippen LogP contribution in [-0.4, -0.2) is 52.6 Å². The Hall–Kier alpha value is 0.520. The average Bonchev–Trinajstić information content (AvgIpc) is 2.43. The van der Waals surface area contributed by atoms with Crippen LogP contribution in [0.25, 0.3) is 0 Å². The van der Waals surface area contributed by atoms with Crippen LogP contribution in [0.3, 0.4) is 0 Å². The van der Waals surface area contributed by atoms with Gasteiger partial charge in [0.25, 0.3) is 10.2 Å². The average molecular weight is 462 g/mol. The van der Waals surface area contributed by atoms with Crippen LogP contribution in [0.1, 0.15) is 25.7 Å². The summed E-state index contributed by atoms with van der Waals surface area (Å²) in [6.07, 6.45) is -2.60. The molecule has 0 aromatic carbocycles. The molecule has 4 atom stereocenters. The third-order valence-electron chi connectivity index (χ3n) is 3.75. The lowest BCUT2D eigenvalue weighted by Gasteiger charge is -2.49. The first-order chi connectivity index (χ1) is 11.5. The van der Waals surface area contributed by atoms with Gasteiger partial charge < -0.3 is 40.8 Å². The van der Waals surface area contributed by atoms with Crippen LogP contribution in [0.2, 0.25) is 0 Å². The molecule has 0 spiro atoms. The summed E-state index contributed by atoms with van der Waals surface area (Å²) in [4.78, 5) is 58.4. The Morgan fingerprint density at radius 1 is 0.769 bits per heavy atom. The molecule has 1 fully saturated rings. The highest BCUT2D eigenvalue weighted by Gasteiger charge is 2.79. The van der Waals surface area contributed by atoms with Gasteiger partial charge in [-0.3, -0.25) is 27.3 Å². The lowest BCUT2D eigenvalue weighted by atomic mass is 10.3. The molecule has 4 unspecified atom stereocenters. The van der Waals surface area contributed by atoms with Crippen LogP contribution >= 0.6 is 30.4 Å². The van der Waals surface area contributed by atoms with Crippen LogP contribution in [0.4, 0.5) is 0 Å². The van der Waals surface area contributed by atoms with Gasteiger partial charge in [0, 0.05) is 12.8 Å². The molecule has 0 aromatic rings. The highest BCUT2D eigenvalue weighted by Crippen LogP contribution is 2.89. The SMILES string of the molecule is NCCCC1(P(=O)(O)O)OP(=O)(O)C(CCCN)(P(=O)(O)O)OP1(=O)O. The molecule has 1 heterocycles. The van der Waals surface area contributed by atoms with Crippen LogP contribution < -0.4 is 11.5 Å². The lowest BCUT2D eigenvalue weighted by molar-refractivity contribution is 0.0316. The van der Waals surface area contributed by atoms with Crippen molar-refractivity contribution in [2.75, 3.05) is 13.1 Å². The number of rotatable bonds is 8. The van der Waals surface area contributed by atoms with Gasteiger partial charge in [0.05, 0.1) is 0 Å². The summed E-state index contributed by atoms with van der Waals surface area (Å²) in [6, 6.07) is 0. The molecule has 0 radical (unpaired) electrons. The van der Waals surface area contributed by atoms with Crippen molar-refractivity contribution < 1.29 is 56.7 Å². The molecule has 0 aromatic heterocycles. The molecule has 26 heavy (non-hydrogen) atoms. The fourth-order valence-corrected chi connectivity index (χ4v) is 11.3. The van der Waals surface area contributed by atoms with Gasteiger partial charge in [-0.2, -0.15) is 0 Å². The Kier molecular flexibility index (Phi) is 7.31. The monoisotopic (exact) mass is 462 g/mol. The Morgan fingerprint density at radius 2 is 1.04 bits per heavy atom. The van der Waals surface area contributed by atoms with Gasteiger partial charge in [0.15, 0.2) is 0 Å². The van der Waals surface area contributed by atoms with Crippen LogP contribution in [0.5, 0.6) is 0 Å². The Morgan fingerprint density at radius 3 is 1.23 bits per heavy atom. The van der Waals surface area contributed by atoms with E-state index in [0.717, 1.165) is 0 Å². The Bertz CT molecular complexity index is 658. The molecule has 0 bridgehead atoms. The second kappa shape index (κ2) is 7.74. The molecule has 0 saturated carbocycles. The van der Waals surface area contributed by atoms with Gasteiger partial charge >= 0.3 is 30.4 Å². The first kappa shape index (κ1) is 24.6. The van der Waals surface area contributed by atoms with Crippen molar-refractivity contribution in [1.29, 1.82) is 0 Å². The maximum atomic E-state index is 12.6. The van der Waals surface area contributed by atoms with E-state index in [4.69, 9.17) is 11.5 Å². The van der Waals surface area contributed by atoms with Gasteiger partial charge in [-0.05, 0) is 25.9 Å². The molecule has 0 amide bonds. The maximum Gasteiger partial charge on any atom is 0.374 e. The van der Waals surface area contributed by atoms with Crippen molar-refractivity contribution in [3.8, 4) is 0 Å². The van der Waals surface area contributed by atoms with Gasteiger partial charge in [-0.15, -0.1) is 0 Å². The topological polar surface area (TPSA) is 260 Å². The smallest absolute Gasteiger partial charge is 0.330 e. The van der Waals surface area contributed by atoms with E-state index in [-0.39, 0.29) is 25.9 Å². The molecular weight excluding hydrogens is 440 g/mol. The van der Waals surface area contributed by atoms with Gasteiger partial charge in [-0.25, -0.2) is 0 Å². The minimum atomic E-state index is -5.76. The van der Waals surface area contributed by atoms with Crippen molar-refractivity contribution in [2.45, 2.75) is 35.8 Å². The summed E-state index contributed by atoms with van der Waals surface area (Å²) in [5.74, 6) is 0. The molecule has 1 saturated heterocycles. The molecule has 156 valence electrons. The summed E-state index contributed by atoms with van der Waals surface area (Å²) >= 11 is 0. The molecule has 1 aliphatic rings. The van der Waals surface area contributed by atoms with E-state index in [1.165, 1.54) is 0 Å². The first-order valence-corrected chi connectivity index (χ1v) is 13.5. The standard InChI is InChI=1S/C8H22N2O12P4/c9-5-1-3-7(23(11,12)13)21-26(19,20)8(4-2-6-10,24(14,15)16)22-25(7,17)18/h1-6,9-10H2,(H,17,18)(H,19,20)(H2,11,12,13)(H2,14,15,16). The van der Waals surface area contributed by atoms with E-state index in [9.17, 15) is 47.6 Å². The summed E-state index contributed by atoms with van der Waals surface area (Å²) in [5.41, 5.74) is 10.4. The largest absolute Gasteiger partial charge is 0.374 e. The third-order valence-corrected chi connectivity index (χ3v) is 13.4. The van der Waals surface area contributed by atoms with E-state index in [1.54, 1.807) is 0 Å². The second-order valence-corrected chi connectivity index (χ2v) is 13.8. The van der Waals surface area contributed by atoms with Gasteiger partial charge in [0.1, 0.15) is 0 Å². The van der Waals surface area contributed by atoms with Crippen molar-refractivity contribution >= 4 is 30.4 Å². The zero-order valence-corrected chi connectivity index (χ0v) is 16.9. The molecule has 0 aliphatic carbocycles. The quantitative estimate of drug-likeness (QED) is 0.212. The summed E-state index contributed by atoms with van der Waals surface area (Å²) in [5, 5.41) is -6.99.